The van der Waals surface area contributed by atoms with Gasteiger partial charge in [0, 0.05) is 5.56 Å². The third kappa shape index (κ3) is 3.68. The van der Waals surface area contributed by atoms with E-state index in [0.717, 1.165) is 5.69 Å². The first kappa shape index (κ1) is 14.7. The van der Waals surface area contributed by atoms with Gasteiger partial charge in [0.25, 0.3) is 0 Å². The molecule has 0 aliphatic carbocycles. The molecule has 0 saturated carbocycles. The van der Waals surface area contributed by atoms with Crippen molar-refractivity contribution in [3.8, 4) is 0 Å². The highest BCUT2D eigenvalue weighted by Crippen LogP contribution is 2.22. The van der Waals surface area contributed by atoms with E-state index >= 15 is 0 Å². The molecule has 0 saturated heterocycles. The summed E-state index contributed by atoms with van der Waals surface area (Å²) in [5.41, 5.74) is 5.37. The minimum absolute atomic E-state index is 0.0696. The fourth-order valence-electron chi connectivity index (χ4n) is 2.15. The van der Waals surface area contributed by atoms with Gasteiger partial charge in [0.15, 0.2) is 5.78 Å². The van der Waals surface area contributed by atoms with E-state index in [1.165, 1.54) is 0 Å². The Labute approximate surface area is 134 Å². The van der Waals surface area contributed by atoms with Crippen LogP contribution in [0.2, 0.25) is 0 Å². The Morgan fingerprint density at radius 2 is 1.35 bits per heavy atom. The SMILES string of the molecule is O=C(c1ccccc1)c1ccccc1N=NNc1ccccc1. The van der Waals surface area contributed by atoms with Crippen molar-refractivity contribution < 1.29 is 4.79 Å². The van der Waals surface area contributed by atoms with Crippen LogP contribution in [0, 0.1) is 0 Å². The topological polar surface area (TPSA) is 53.8 Å². The lowest BCUT2D eigenvalue weighted by atomic mass is 10.0. The van der Waals surface area contributed by atoms with Gasteiger partial charge in [-0.25, -0.2) is 0 Å². The molecule has 0 bridgehead atoms. The summed E-state index contributed by atoms with van der Waals surface area (Å²) in [5, 5.41) is 8.11. The van der Waals surface area contributed by atoms with E-state index in [-0.39, 0.29) is 5.78 Å². The number of para-hydroxylation sites is 1. The number of nitrogens with zero attached hydrogens (tertiary/aromatic N) is 2. The van der Waals surface area contributed by atoms with Crippen LogP contribution in [0.5, 0.6) is 0 Å². The standard InChI is InChI=1S/C19H15N3O/c23-19(15-9-3-1-4-10-15)17-13-7-8-14-18(17)21-22-20-16-11-5-2-6-12-16/h1-14H,(H,20,21). The van der Waals surface area contributed by atoms with Crippen LogP contribution in [-0.4, -0.2) is 5.78 Å². The van der Waals surface area contributed by atoms with Crippen molar-refractivity contribution in [2.75, 3.05) is 5.43 Å². The molecule has 0 aliphatic rings. The number of benzene rings is 3. The molecule has 0 atom stereocenters. The molecule has 0 radical (unpaired) electrons. The summed E-state index contributed by atoms with van der Waals surface area (Å²) in [4.78, 5) is 12.6. The molecule has 0 heterocycles. The van der Waals surface area contributed by atoms with E-state index < -0.39 is 0 Å². The molecule has 0 unspecified atom stereocenters. The minimum atomic E-state index is -0.0696. The molecular weight excluding hydrogens is 286 g/mol. The monoisotopic (exact) mass is 301 g/mol. The summed E-state index contributed by atoms with van der Waals surface area (Å²) in [7, 11) is 0. The zero-order valence-electron chi connectivity index (χ0n) is 12.4. The number of rotatable bonds is 5. The quantitative estimate of drug-likeness (QED) is 0.408. The van der Waals surface area contributed by atoms with Crippen LogP contribution in [0.4, 0.5) is 11.4 Å². The van der Waals surface area contributed by atoms with Gasteiger partial charge in [0.05, 0.1) is 16.9 Å². The van der Waals surface area contributed by atoms with Gasteiger partial charge < -0.3 is 0 Å². The Kier molecular flexibility index (Phi) is 4.55. The zero-order valence-corrected chi connectivity index (χ0v) is 12.4. The second kappa shape index (κ2) is 7.13. The van der Waals surface area contributed by atoms with E-state index in [4.69, 9.17) is 0 Å². The lowest BCUT2D eigenvalue weighted by Crippen LogP contribution is -2.01. The molecule has 4 nitrogen and oxygen atoms in total. The van der Waals surface area contributed by atoms with E-state index in [1.54, 1.807) is 24.3 Å². The van der Waals surface area contributed by atoms with Gasteiger partial charge in [0.1, 0.15) is 0 Å². The zero-order chi connectivity index (χ0) is 15.9. The number of hydrogen-bond acceptors (Lipinski definition) is 3. The van der Waals surface area contributed by atoms with Gasteiger partial charge in [-0.2, -0.15) is 0 Å². The molecule has 3 aromatic rings. The Morgan fingerprint density at radius 3 is 2.09 bits per heavy atom. The van der Waals surface area contributed by atoms with Crippen molar-refractivity contribution in [2.45, 2.75) is 0 Å². The van der Waals surface area contributed by atoms with Crippen LogP contribution in [0.1, 0.15) is 15.9 Å². The maximum absolute atomic E-state index is 12.6. The summed E-state index contributed by atoms with van der Waals surface area (Å²) in [6, 6.07) is 25.8. The van der Waals surface area contributed by atoms with Crippen molar-refractivity contribution in [1.29, 1.82) is 0 Å². The number of carbonyl (C=O) groups excluding carboxylic acids is 1. The Hall–Kier alpha value is -3.27. The van der Waals surface area contributed by atoms with Crippen LogP contribution in [0.25, 0.3) is 0 Å². The van der Waals surface area contributed by atoms with Crippen LogP contribution in [0.3, 0.4) is 0 Å². The summed E-state index contributed by atoms with van der Waals surface area (Å²) in [5.74, 6) is -0.0696. The van der Waals surface area contributed by atoms with Gasteiger partial charge in [0.2, 0.25) is 0 Å². The van der Waals surface area contributed by atoms with Crippen molar-refractivity contribution in [2.24, 2.45) is 10.3 Å². The highest BCUT2D eigenvalue weighted by molar-refractivity contribution is 6.11. The maximum atomic E-state index is 12.6. The van der Waals surface area contributed by atoms with E-state index in [2.05, 4.69) is 15.8 Å². The van der Waals surface area contributed by atoms with Gasteiger partial charge in [-0.05, 0) is 24.3 Å². The number of anilines is 1. The van der Waals surface area contributed by atoms with Crippen LogP contribution in [-0.2, 0) is 0 Å². The van der Waals surface area contributed by atoms with Crippen molar-refractivity contribution >= 4 is 17.2 Å². The number of ketones is 1. The summed E-state index contributed by atoms with van der Waals surface area (Å²) >= 11 is 0. The lowest BCUT2D eigenvalue weighted by molar-refractivity contribution is 0.103. The Bertz CT molecular complexity index is 814. The van der Waals surface area contributed by atoms with E-state index in [1.807, 2.05) is 60.7 Å². The fourth-order valence-corrected chi connectivity index (χ4v) is 2.15. The van der Waals surface area contributed by atoms with Gasteiger partial charge in [-0.1, -0.05) is 65.9 Å². The second-order valence-electron chi connectivity index (χ2n) is 4.89. The Balaban J connectivity index is 1.82. The highest BCUT2D eigenvalue weighted by atomic mass is 16.1. The molecule has 3 aromatic carbocycles. The first-order valence-corrected chi connectivity index (χ1v) is 7.25. The second-order valence-corrected chi connectivity index (χ2v) is 4.89. The van der Waals surface area contributed by atoms with Crippen molar-refractivity contribution in [1.82, 2.24) is 0 Å². The van der Waals surface area contributed by atoms with Crippen LogP contribution < -0.4 is 5.43 Å². The van der Waals surface area contributed by atoms with Gasteiger partial charge in [-0.15, -0.1) is 5.11 Å². The molecule has 0 fully saturated rings. The maximum Gasteiger partial charge on any atom is 0.195 e. The molecule has 1 N–H and O–H groups in total. The van der Waals surface area contributed by atoms with Crippen LogP contribution >= 0.6 is 0 Å². The third-order valence-corrected chi connectivity index (χ3v) is 3.30. The first-order chi connectivity index (χ1) is 11.3. The van der Waals surface area contributed by atoms with Gasteiger partial charge in [-0.3, -0.25) is 10.2 Å². The predicted molar refractivity (Wildman–Crippen MR) is 90.9 cm³/mol. The summed E-state index contributed by atoms with van der Waals surface area (Å²) in [6.07, 6.45) is 0. The molecular formula is C19H15N3O. The lowest BCUT2D eigenvalue weighted by Gasteiger charge is -2.04. The fraction of sp³-hybridized carbons (Fsp3) is 0. The van der Waals surface area contributed by atoms with Gasteiger partial charge >= 0.3 is 0 Å². The number of carbonyl (C=O) groups is 1. The van der Waals surface area contributed by atoms with Crippen LogP contribution in [0.15, 0.2) is 95.3 Å². The molecule has 0 aromatic heterocycles. The Morgan fingerprint density at radius 1 is 0.739 bits per heavy atom. The van der Waals surface area contributed by atoms with E-state index in [0.29, 0.717) is 16.8 Å². The first-order valence-electron chi connectivity index (χ1n) is 7.25. The summed E-state index contributed by atoms with van der Waals surface area (Å²) < 4.78 is 0. The average Bonchev–Trinajstić information content (AvgIpc) is 2.63. The molecule has 112 valence electrons. The van der Waals surface area contributed by atoms with Crippen molar-refractivity contribution in [3.63, 3.8) is 0 Å². The normalized spacial score (nSPS) is 10.6. The van der Waals surface area contributed by atoms with E-state index in [9.17, 15) is 4.79 Å². The minimum Gasteiger partial charge on any atom is -0.289 e. The van der Waals surface area contributed by atoms with Crippen molar-refractivity contribution in [3.05, 3.63) is 96.1 Å². The molecule has 0 aliphatic heterocycles. The molecule has 4 heteroatoms. The number of nitrogens with one attached hydrogen (secondary N) is 1. The highest BCUT2D eigenvalue weighted by Gasteiger charge is 2.12. The third-order valence-electron chi connectivity index (χ3n) is 3.30. The molecule has 0 spiro atoms. The molecule has 23 heavy (non-hydrogen) atoms. The summed E-state index contributed by atoms with van der Waals surface area (Å²) in [6.45, 7) is 0. The smallest absolute Gasteiger partial charge is 0.195 e. The predicted octanol–water partition coefficient (Wildman–Crippen LogP) is 5.03. The molecule has 0 amide bonds. The largest absolute Gasteiger partial charge is 0.289 e. The average molecular weight is 301 g/mol. The number of hydrogen-bond donors (Lipinski definition) is 1. The molecule has 3 rings (SSSR count).